The Hall–Kier alpha value is -3.90. The second kappa shape index (κ2) is 12.7. The van der Waals surface area contributed by atoms with E-state index in [1.54, 1.807) is 32.8 Å². The van der Waals surface area contributed by atoms with Gasteiger partial charge in [0, 0.05) is 32.2 Å². The topological polar surface area (TPSA) is 121 Å². The molecule has 2 aliphatic rings. The number of methoxy groups -OCH3 is 1. The molecule has 1 aliphatic heterocycles. The number of nitriles is 1. The quantitative estimate of drug-likeness (QED) is 0.457. The van der Waals surface area contributed by atoms with Crippen LogP contribution in [-0.4, -0.2) is 60.3 Å². The van der Waals surface area contributed by atoms with E-state index in [2.05, 4.69) is 22.8 Å². The average molecular weight is 561 g/mol. The van der Waals surface area contributed by atoms with Crippen LogP contribution in [0.25, 0.3) is 11.1 Å². The number of nitrogens with one attached hydrogen (secondary N) is 2. The normalized spacial score (nSPS) is 16.9. The molecule has 0 spiro atoms. The molecule has 4 rings (SSSR count). The maximum atomic E-state index is 13.5. The summed E-state index contributed by atoms with van der Waals surface area (Å²) in [6.07, 6.45) is 3.32. The van der Waals surface area contributed by atoms with Crippen LogP contribution in [0.3, 0.4) is 0 Å². The number of fused-ring (bicyclic) bond motifs is 1. The molecule has 0 unspecified atom stereocenters. The zero-order chi connectivity index (χ0) is 29.6. The van der Waals surface area contributed by atoms with Crippen LogP contribution < -0.4 is 10.6 Å². The standard InChI is InChI=1S/C32H40N4O5/c1-31(2,3)41-30(39)35-32(14-6-5-7-15-32)29(38)34-26(20-33)18-22-8-10-23(11-9-22)24-12-13-27-25(19-24)21-36(28(27)37)16-17-40-4/h8-13,19,26H,5-7,14-18,21H2,1-4H3,(H,34,38)(H,35,39)/t26-/m0/s1. The SMILES string of the molecule is COCCN1Cc2cc(-c3ccc(C[C@@H](C#N)NC(=O)C4(NC(=O)OC(C)(C)C)CCCCC4)cc3)ccc2C1=O. The van der Waals surface area contributed by atoms with E-state index in [0.717, 1.165) is 47.1 Å². The number of alkyl carbamates (subject to hydrolysis) is 1. The van der Waals surface area contributed by atoms with Gasteiger partial charge >= 0.3 is 6.09 Å². The highest BCUT2D eigenvalue weighted by molar-refractivity contribution is 5.99. The molecule has 1 atom stereocenters. The summed E-state index contributed by atoms with van der Waals surface area (Å²) in [4.78, 5) is 40.4. The molecule has 1 heterocycles. The first-order valence-electron chi connectivity index (χ1n) is 14.3. The number of hydrogen-bond acceptors (Lipinski definition) is 6. The van der Waals surface area contributed by atoms with Gasteiger partial charge < -0.3 is 25.0 Å². The van der Waals surface area contributed by atoms with Gasteiger partial charge in [0.05, 0.1) is 12.7 Å². The molecular weight excluding hydrogens is 520 g/mol. The van der Waals surface area contributed by atoms with Gasteiger partial charge in [-0.2, -0.15) is 5.26 Å². The fourth-order valence-corrected chi connectivity index (χ4v) is 5.50. The van der Waals surface area contributed by atoms with E-state index in [-0.39, 0.29) is 11.8 Å². The predicted octanol–water partition coefficient (Wildman–Crippen LogP) is 4.73. The molecular formula is C32H40N4O5. The Morgan fingerprint density at radius 2 is 1.76 bits per heavy atom. The molecule has 3 amide bonds. The zero-order valence-electron chi connectivity index (χ0n) is 24.4. The van der Waals surface area contributed by atoms with Gasteiger partial charge in [0.25, 0.3) is 5.91 Å². The number of rotatable bonds is 9. The average Bonchev–Trinajstić information content (AvgIpc) is 3.25. The van der Waals surface area contributed by atoms with Crippen molar-refractivity contribution < 1.29 is 23.9 Å². The maximum Gasteiger partial charge on any atom is 0.408 e. The Morgan fingerprint density at radius 1 is 1.07 bits per heavy atom. The van der Waals surface area contributed by atoms with Crippen molar-refractivity contribution in [2.75, 3.05) is 20.3 Å². The zero-order valence-corrected chi connectivity index (χ0v) is 24.4. The number of ether oxygens (including phenoxy) is 2. The molecule has 1 aliphatic carbocycles. The van der Waals surface area contributed by atoms with E-state index in [1.165, 1.54) is 0 Å². The third kappa shape index (κ3) is 7.44. The van der Waals surface area contributed by atoms with Crippen molar-refractivity contribution in [3.63, 3.8) is 0 Å². The lowest BCUT2D eigenvalue weighted by atomic mass is 9.80. The Balaban J connectivity index is 1.41. The van der Waals surface area contributed by atoms with Gasteiger partial charge in [0.1, 0.15) is 17.2 Å². The van der Waals surface area contributed by atoms with E-state index in [9.17, 15) is 19.6 Å². The molecule has 2 aromatic carbocycles. The highest BCUT2D eigenvalue weighted by atomic mass is 16.6. The van der Waals surface area contributed by atoms with Gasteiger partial charge in [-0.1, -0.05) is 49.6 Å². The summed E-state index contributed by atoms with van der Waals surface area (Å²) in [6, 6.07) is 15.2. The van der Waals surface area contributed by atoms with Crippen LogP contribution in [-0.2, 0) is 27.2 Å². The van der Waals surface area contributed by atoms with Crippen LogP contribution in [0.15, 0.2) is 42.5 Å². The summed E-state index contributed by atoms with van der Waals surface area (Å²) in [6.45, 7) is 6.96. The molecule has 2 N–H and O–H groups in total. The molecule has 0 saturated heterocycles. The van der Waals surface area contributed by atoms with Crippen molar-refractivity contribution in [3.8, 4) is 17.2 Å². The second-order valence-corrected chi connectivity index (χ2v) is 11.9. The summed E-state index contributed by atoms with van der Waals surface area (Å²) in [5, 5.41) is 15.6. The van der Waals surface area contributed by atoms with Crippen LogP contribution in [0, 0.1) is 11.3 Å². The van der Waals surface area contributed by atoms with Crippen molar-refractivity contribution in [1.82, 2.24) is 15.5 Å². The lowest BCUT2D eigenvalue weighted by Crippen LogP contribution is -2.61. The first-order chi connectivity index (χ1) is 19.5. The van der Waals surface area contributed by atoms with Gasteiger partial charge in [-0.15, -0.1) is 0 Å². The monoisotopic (exact) mass is 560 g/mol. The maximum absolute atomic E-state index is 13.5. The number of benzene rings is 2. The van der Waals surface area contributed by atoms with Crippen LogP contribution in [0.5, 0.6) is 0 Å². The number of amides is 3. The molecule has 9 heteroatoms. The first kappa shape index (κ1) is 30.1. The number of carbonyl (C=O) groups excluding carboxylic acids is 3. The van der Waals surface area contributed by atoms with Crippen LogP contribution in [0.4, 0.5) is 4.79 Å². The molecule has 1 saturated carbocycles. The summed E-state index contributed by atoms with van der Waals surface area (Å²) in [7, 11) is 1.62. The molecule has 9 nitrogen and oxygen atoms in total. The lowest BCUT2D eigenvalue weighted by Gasteiger charge is -2.37. The number of hydrogen-bond donors (Lipinski definition) is 2. The van der Waals surface area contributed by atoms with E-state index in [0.29, 0.717) is 39.0 Å². The van der Waals surface area contributed by atoms with E-state index in [4.69, 9.17) is 9.47 Å². The third-order valence-corrected chi connectivity index (χ3v) is 7.62. The molecule has 0 radical (unpaired) electrons. The molecule has 218 valence electrons. The van der Waals surface area contributed by atoms with Gasteiger partial charge in [-0.05, 0) is 68.0 Å². The predicted molar refractivity (Wildman–Crippen MR) is 155 cm³/mol. The largest absolute Gasteiger partial charge is 0.444 e. The van der Waals surface area contributed by atoms with E-state index in [1.807, 2.05) is 36.4 Å². The van der Waals surface area contributed by atoms with Crippen molar-refractivity contribution in [2.45, 2.75) is 83.0 Å². The minimum Gasteiger partial charge on any atom is -0.444 e. The minimum absolute atomic E-state index is 0.0276. The molecule has 2 aromatic rings. The van der Waals surface area contributed by atoms with E-state index < -0.39 is 23.3 Å². The number of carbonyl (C=O) groups is 3. The fourth-order valence-electron chi connectivity index (χ4n) is 5.50. The lowest BCUT2D eigenvalue weighted by molar-refractivity contribution is -0.129. The molecule has 0 aromatic heterocycles. The minimum atomic E-state index is -1.09. The van der Waals surface area contributed by atoms with Gasteiger partial charge in [0.15, 0.2) is 0 Å². The first-order valence-corrected chi connectivity index (χ1v) is 14.3. The smallest absolute Gasteiger partial charge is 0.408 e. The summed E-state index contributed by atoms with van der Waals surface area (Å²) in [5.41, 5.74) is 2.87. The summed E-state index contributed by atoms with van der Waals surface area (Å²) in [5.74, 6) is -0.321. The fraction of sp³-hybridized carbons (Fsp3) is 0.500. The van der Waals surface area contributed by atoms with Gasteiger partial charge in [0.2, 0.25) is 5.91 Å². The molecule has 1 fully saturated rings. The highest BCUT2D eigenvalue weighted by Crippen LogP contribution is 2.30. The van der Waals surface area contributed by atoms with Gasteiger partial charge in [-0.3, -0.25) is 9.59 Å². The van der Waals surface area contributed by atoms with Crippen molar-refractivity contribution in [3.05, 3.63) is 59.2 Å². The second-order valence-electron chi connectivity index (χ2n) is 11.9. The third-order valence-electron chi connectivity index (χ3n) is 7.62. The highest BCUT2D eigenvalue weighted by Gasteiger charge is 2.42. The Labute approximate surface area is 242 Å². The summed E-state index contributed by atoms with van der Waals surface area (Å²) < 4.78 is 10.5. The molecule has 0 bridgehead atoms. The number of nitrogens with zero attached hydrogens (tertiary/aromatic N) is 2. The van der Waals surface area contributed by atoms with Gasteiger partial charge in [-0.25, -0.2) is 4.79 Å². The van der Waals surface area contributed by atoms with Crippen molar-refractivity contribution in [2.24, 2.45) is 0 Å². The van der Waals surface area contributed by atoms with Crippen molar-refractivity contribution in [1.29, 1.82) is 5.26 Å². The summed E-state index contributed by atoms with van der Waals surface area (Å²) >= 11 is 0. The molecule has 41 heavy (non-hydrogen) atoms. The Bertz CT molecular complexity index is 1300. The van der Waals surface area contributed by atoms with E-state index >= 15 is 0 Å². The Kier molecular flexibility index (Phi) is 9.34. The van der Waals surface area contributed by atoms with Crippen LogP contribution in [0.1, 0.15) is 74.4 Å². The van der Waals surface area contributed by atoms with Crippen LogP contribution in [0.2, 0.25) is 0 Å². The Morgan fingerprint density at radius 3 is 2.39 bits per heavy atom. The van der Waals surface area contributed by atoms with Crippen LogP contribution >= 0.6 is 0 Å². The van der Waals surface area contributed by atoms with Crippen molar-refractivity contribution >= 4 is 17.9 Å².